The highest BCUT2D eigenvalue weighted by atomic mass is 32.2. The van der Waals surface area contributed by atoms with E-state index in [0.717, 1.165) is 6.42 Å². The van der Waals surface area contributed by atoms with E-state index in [0.29, 0.717) is 17.9 Å². The highest BCUT2D eigenvalue weighted by molar-refractivity contribution is 7.93. The van der Waals surface area contributed by atoms with Crippen LogP contribution in [-0.4, -0.2) is 54.4 Å². The van der Waals surface area contributed by atoms with Gasteiger partial charge in [0.05, 0.1) is 17.2 Å². The molecule has 0 aromatic heterocycles. The first-order valence-electron chi connectivity index (χ1n) is 12.8. The molecule has 0 spiro atoms. The third-order valence-corrected chi connectivity index (χ3v) is 9.59. The molecule has 1 aromatic rings. The van der Waals surface area contributed by atoms with E-state index in [-0.39, 0.29) is 25.4 Å². The molecule has 9 heteroatoms. The molecule has 3 N–H and O–H groups in total. The molecule has 1 radical (unpaired) electrons. The monoisotopic (exact) mass is 521 g/mol. The van der Waals surface area contributed by atoms with E-state index in [1.54, 1.807) is 30.3 Å². The van der Waals surface area contributed by atoms with Crippen molar-refractivity contribution in [1.29, 1.82) is 0 Å². The first-order valence-corrected chi connectivity index (χ1v) is 14.4. The topological polar surface area (TPSA) is 130 Å². The minimum atomic E-state index is -4.07. The second-order valence-corrected chi connectivity index (χ2v) is 13.6. The highest BCUT2D eigenvalue weighted by Gasteiger charge is 2.43. The average Bonchev–Trinajstić information content (AvgIpc) is 2.84. The highest BCUT2D eigenvalue weighted by Crippen LogP contribution is 2.28. The number of hydrogen-bond acceptors (Lipinski definition) is 6. The summed E-state index contributed by atoms with van der Waals surface area (Å²) < 4.78 is 24.5. The summed E-state index contributed by atoms with van der Waals surface area (Å²) in [6.45, 7) is 4.02. The van der Waals surface area contributed by atoms with Crippen molar-refractivity contribution in [3.05, 3.63) is 35.9 Å². The van der Waals surface area contributed by atoms with Crippen LogP contribution >= 0.6 is 0 Å². The van der Waals surface area contributed by atoms with Gasteiger partial charge in [0.2, 0.25) is 18.1 Å². The lowest BCUT2D eigenvalue weighted by Crippen LogP contribution is -2.49. The van der Waals surface area contributed by atoms with Crippen LogP contribution in [0.25, 0.3) is 0 Å². The Morgan fingerprint density at radius 2 is 1.75 bits per heavy atom. The SMILES string of the molecule is CC(C)(C)S(=O)(=O)C(O)C(Cc1ccccc1)C(=O)NCC(=O)N[C@H](C[C]=O)CCC1CCCCC1. The fourth-order valence-electron chi connectivity index (χ4n) is 4.59. The number of aliphatic hydroxyl groups excluding tert-OH is 1. The van der Waals surface area contributed by atoms with Crippen molar-refractivity contribution < 1.29 is 27.9 Å². The van der Waals surface area contributed by atoms with Gasteiger partial charge in [0, 0.05) is 12.5 Å². The second-order valence-electron chi connectivity index (χ2n) is 10.8. The molecule has 1 aromatic carbocycles. The summed E-state index contributed by atoms with van der Waals surface area (Å²) in [5, 5.41) is 16.1. The van der Waals surface area contributed by atoms with E-state index in [1.807, 2.05) is 6.29 Å². The maximum atomic E-state index is 13.0. The second kappa shape index (κ2) is 13.9. The molecule has 0 bridgehead atoms. The molecule has 201 valence electrons. The van der Waals surface area contributed by atoms with Crippen molar-refractivity contribution >= 4 is 27.9 Å². The molecule has 2 rings (SSSR count). The smallest absolute Gasteiger partial charge is 0.239 e. The molecule has 3 atom stereocenters. The summed E-state index contributed by atoms with van der Waals surface area (Å²) in [6.07, 6.45) is 9.56. The van der Waals surface area contributed by atoms with E-state index in [4.69, 9.17) is 0 Å². The summed E-state index contributed by atoms with van der Waals surface area (Å²) in [5.74, 6) is -1.89. The van der Waals surface area contributed by atoms with Crippen LogP contribution in [0.2, 0.25) is 0 Å². The quantitative estimate of drug-likeness (QED) is 0.366. The van der Waals surface area contributed by atoms with Crippen LogP contribution in [0, 0.1) is 11.8 Å². The molecule has 0 saturated heterocycles. The van der Waals surface area contributed by atoms with Gasteiger partial charge < -0.3 is 15.7 Å². The Bertz CT molecular complexity index is 952. The van der Waals surface area contributed by atoms with Crippen LogP contribution in [0.15, 0.2) is 30.3 Å². The zero-order valence-corrected chi connectivity index (χ0v) is 22.5. The molecule has 36 heavy (non-hydrogen) atoms. The van der Waals surface area contributed by atoms with E-state index < -0.39 is 37.8 Å². The Morgan fingerprint density at radius 3 is 2.33 bits per heavy atom. The van der Waals surface area contributed by atoms with Crippen molar-refractivity contribution in [3.63, 3.8) is 0 Å². The first kappa shape index (κ1) is 30.0. The van der Waals surface area contributed by atoms with E-state index >= 15 is 0 Å². The third-order valence-electron chi connectivity index (χ3n) is 6.92. The van der Waals surface area contributed by atoms with Crippen molar-refractivity contribution in [2.24, 2.45) is 11.8 Å². The van der Waals surface area contributed by atoms with Crippen LogP contribution in [0.4, 0.5) is 0 Å². The number of nitrogens with one attached hydrogen (secondary N) is 2. The Kier molecular flexibility index (Phi) is 11.6. The van der Waals surface area contributed by atoms with Gasteiger partial charge in [-0.15, -0.1) is 0 Å². The fraction of sp³-hybridized carbons (Fsp3) is 0.667. The van der Waals surface area contributed by atoms with Crippen LogP contribution in [-0.2, 0) is 30.6 Å². The largest absolute Gasteiger partial charge is 0.376 e. The zero-order valence-electron chi connectivity index (χ0n) is 21.7. The minimum absolute atomic E-state index is 0.00508. The third kappa shape index (κ3) is 9.00. The molecule has 1 aliphatic rings. The Labute approximate surface area is 215 Å². The van der Waals surface area contributed by atoms with Gasteiger partial charge in [-0.05, 0) is 51.5 Å². The Hall–Kier alpha value is -2.26. The summed E-state index contributed by atoms with van der Waals surface area (Å²) in [5.41, 5.74) is -1.25. The van der Waals surface area contributed by atoms with Crippen molar-refractivity contribution in [2.75, 3.05) is 6.54 Å². The molecule has 1 aliphatic carbocycles. The summed E-state index contributed by atoms with van der Waals surface area (Å²) in [6, 6.07) is 8.46. The molecule has 0 heterocycles. The summed E-state index contributed by atoms with van der Waals surface area (Å²) in [4.78, 5) is 36.6. The van der Waals surface area contributed by atoms with Gasteiger partial charge in [0.15, 0.2) is 15.3 Å². The van der Waals surface area contributed by atoms with Crippen molar-refractivity contribution in [2.45, 2.75) is 94.8 Å². The lowest BCUT2D eigenvalue weighted by molar-refractivity contribution is -0.130. The summed E-state index contributed by atoms with van der Waals surface area (Å²) >= 11 is 0. The molecule has 0 aliphatic heterocycles. The Balaban J connectivity index is 2.02. The van der Waals surface area contributed by atoms with Gasteiger partial charge in [-0.25, -0.2) is 8.42 Å². The van der Waals surface area contributed by atoms with Crippen LogP contribution in [0.1, 0.15) is 77.7 Å². The molecule has 8 nitrogen and oxygen atoms in total. The number of benzene rings is 1. The van der Waals surface area contributed by atoms with Crippen LogP contribution in [0.3, 0.4) is 0 Å². The number of aliphatic hydroxyl groups is 1. The van der Waals surface area contributed by atoms with Gasteiger partial charge in [-0.2, -0.15) is 0 Å². The molecular formula is C27H41N2O6S. The first-order chi connectivity index (χ1) is 17.0. The molecule has 1 fully saturated rings. The zero-order chi connectivity index (χ0) is 26.8. The number of sulfone groups is 1. The number of hydrogen-bond donors (Lipinski definition) is 3. The van der Waals surface area contributed by atoms with Gasteiger partial charge >= 0.3 is 0 Å². The van der Waals surface area contributed by atoms with E-state index in [2.05, 4.69) is 10.6 Å². The maximum absolute atomic E-state index is 13.0. The minimum Gasteiger partial charge on any atom is -0.376 e. The van der Waals surface area contributed by atoms with Gasteiger partial charge in [-0.3, -0.25) is 14.4 Å². The molecular weight excluding hydrogens is 480 g/mol. The normalized spacial score (nSPS) is 17.6. The van der Waals surface area contributed by atoms with E-state index in [1.165, 1.54) is 52.9 Å². The lowest BCUT2D eigenvalue weighted by atomic mass is 9.85. The lowest BCUT2D eigenvalue weighted by Gasteiger charge is -2.28. The number of rotatable bonds is 13. The fourth-order valence-corrected chi connectivity index (χ4v) is 5.96. The van der Waals surface area contributed by atoms with E-state index in [9.17, 15) is 27.9 Å². The van der Waals surface area contributed by atoms with Gasteiger partial charge in [-0.1, -0.05) is 62.4 Å². The maximum Gasteiger partial charge on any atom is 0.239 e. The predicted octanol–water partition coefficient (Wildman–Crippen LogP) is 2.84. The van der Waals surface area contributed by atoms with Gasteiger partial charge in [0.1, 0.15) is 0 Å². The predicted molar refractivity (Wildman–Crippen MR) is 139 cm³/mol. The van der Waals surface area contributed by atoms with Crippen molar-refractivity contribution in [1.82, 2.24) is 10.6 Å². The average molecular weight is 522 g/mol. The van der Waals surface area contributed by atoms with Crippen LogP contribution < -0.4 is 10.6 Å². The molecule has 1 saturated carbocycles. The van der Waals surface area contributed by atoms with Crippen molar-refractivity contribution in [3.8, 4) is 0 Å². The summed E-state index contributed by atoms with van der Waals surface area (Å²) in [7, 11) is -4.07. The molecule has 2 amide bonds. The number of carbonyl (C=O) groups is 2. The van der Waals surface area contributed by atoms with Crippen LogP contribution in [0.5, 0.6) is 0 Å². The Morgan fingerprint density at radius 1 is 1.11 bits per heavy atom. The molecule has 2 unspecified atom stereocenters. The van der Waals surface area contributed by atoms with Gasteiger partial charge in [0.25, 0.3) is 0 Å². The standard InChI is InChI=1S/C27H41N2O6S/c1-27(2,3)36(34,35)26(33)23(18-21-12-8-5-9-13-21)25(32)28-19-24(31)29-22(16-17-30)15-14-20-10-6-4-7-11-20/h5,8-9,12-13,20,22-23,26,33H,4,6-7,10-11,14-16,18-19H2,1-3H3,(H,28,32)(H,29,31)/t22-,23?,26?/m0/s1. The number of amides is 2. The number of carbonyl (C=O) groups excluding carboxylic acids is 3.